The van der Waals surface area contributed by atoms with Gasteiger partial charge in [0.2, 0.25) is 0 Å². The van der Waals surface area contributed by atoms with E-state index in [4.69, 9.17) is 4.74 Å². The molecule has 0 N–H and O–H groups in total. The molecule has 0 amide bonds. The molecule has 1 aliphatic carbocycles. The number of rotatable bonds is 5. The second-order valence-electron chi connectivity index (χ2n) is 6.75. The first-order valence-electron chi connectivity index (χ1n) is 8.14. The van der Waals surface area contributed by atoms with Crippen LogP contribution in [-0.4, -0.2) is 27.4 Å². The zero-order valence-corrected chi connectivity index (χ0v) is 15.4. The number of sulfone groups is 1. The Kier molecular flexibility index (Phi) is 4.44. The van der Waals surface area contributed by atoms with E-state index < -0.39 is 20.5 Å². The zero-order valence-electron chi connectivity index (χ0n) is 14.6. The molecule has 4 nitrogen and oxygen atoms in total. The van der Waals surface area contributed by atoms with Crippen LogP contribution < -0.4 is 0 Å². The predicted molar refractivity (Wildman–Crippen MR) is 96.0 cm³/mol. The van der Waals surface area contributed by atoms with Crippen molar-refractivity contribution in [2.24, 2.45) is 5.41 Å². The molecule has 0 aliphatic heterocycles. The van der Waals surface area contributed by atoms with Gasteiger partial charge in [0.1, 0.15) is 5.41 Å². The summed E-state index contributed by atoms with van der Waals surface area (Å²) in [4.78, 5) is 0.258. The Morgan fingerprint density at radius 1 is 1.04 bits per heavy atom. The van der Waals surface area contributed by atoms with Crippen molar-refractivity contribution >= 4 is 9.84 Å². The monoisotopic (exact) mass is 355 g/mol. The van der Waals surface area contributed by atoms with Crippen LogP contribution in [0.15, 0.2) is 53.4 Å². The maximum absolute atomic E-state index is 13.2. The minimum atomic E-state index is -3.63. The summed E-state index contributed by atoms with van der Waals surface area (Å²) >= 11 is 0. The van der Waals surface area contributed by atoms with Gasteiger partial charge in [-0.1, -0.05) is 47.5 Å². The zero-order chi connectivity index (χ0) is 18.2. The van der Waals surface area contributed by atoms with E-state index in [1.54, 1.807) is 24.3 Å². The summed E-state index contributed by atoms with van der Waals surface area (Å²) in [5.74, 6) is -0.385. The van der Waals surface area contributed by atoms with E-state index in [0.29, 0.717) is 0 Å². The van der Waals surface area contributed by atoms with Gasteiger partial charge >= 0.3 is 0 Å². The molecular formula is C20H21NO3S. The van der Waals surface area contributed by atoms with Crippen molar-refractivity contribution in [2.45, 2.75) is 29.9 Å². The van der Waals surface area contributed by atoms with Gasteiger partial charge in [-0.2, -0.15) is 5.26 Å². The molecule has 2 aromatic rings. The highest BCUT2D eigenvalue weighted by Crippen LogP contribution is 2.63. The van der Waals surface area contributed by atoms with Crippen molar-refractivity contribution in [1.29, 1.82) is 5.26 Å². The van der Waals surface area contributed by atoms with Crippen LogP contribution >= 0.6 is 0 Å². The quantitative estimate of drug-likeness (QED) is 0.824. The summed E-state index contributed by atoms with van der Waals surface area (Å²) in [5, 5.41) is 9.01. The lowest BCUT2D eigenvalue weighted by molar-refractivity contribution is 0.162. The van der Waals surface area contributed by atoms with Crippen molar-refractivity contribution in [3.8, 4) is 6.07 Å². The third-order valence-electron chi connectivity index (χ3n) is 4.97. The van der Waals surface area contributed by atoms with Gasteiger partial charge in [-0.15, -0.1) is 0 Å². The van der Waals surface area contributed by atoms with E-state index in [1.807, 2.05) is 38.1 Å². The smallest absolute Gasteiger partial charge is 0.183 e. The minimum Gasteiger partial charge on any atom is -0.383 e. The topological polar surface area (TPSA) is 67.2 Å². The third kappa shape index (κ3) is 2.86. The van der Waals surface area contributed by atoms with Crippen LogP contribution in [0.2, 0.25) is 0 Å². The molecule has 0 aromatic heterocycles. The molecule has 0 saturated heterocycles. The SMILES string of the molecule is COCC1(C#N)C(c2ccc(C)cc2)C1S(=O)(=O)c1ccc(C)cc1. The van der Waals surface area contributed by atoms with Gasteiger partial charge < -0.3 is 4.74 Å². The molecule has 0 radical (unpaired) electrons. The van der Waals surface area contributed by atoms with Gasteiger partial charge in [0.15, 0.2) is 9.84 Å². The fourth-order valence-electron chi connectivity index (χ4n) is 3.56. The highest BCUT2D eigenvalue weighted by atomic mass is 32.2. The fourth-order valence-corrected chi connectivity index (χ4v) is 5.87. The number of benzene rings is 2. The second kappa shape index (κ2) is 6.29. The van der Waals surface area contributed by atoms with Crippen LogP contribution in [-0.2, 0) is 14.6 Å². The first-order valence-corrected chi connectivity index (χ1v) is 9.69. The summed E-state index contributed by atoms with van der Waals surface area (Å²) in [7, 11) is -2.14. The minimum absolute atomic E-state index is 0.0950. The molecule has 1 saturated carbocycles. The van der Waals surface area contributed by atoms with Gasteiger partial charge in [0.05, 0.1) is 22.8 Å². The van der Waals surface area contributed by atoms with Crippen LogP contribution in [0.25, 0.3) is 0 Å². The molecule has 130 valence electrons. The molecule has 5 heteroatoms. The predicted octanol–water partition coefficient (Wildman–Crippen LogP) is 3.40. The highest BCUT2D eigenvalue weighted by molar-refractivity contribution is 7.92. The summed E-state index contributed by atoms with van der Waals surface area (Å²) in [5.41, 5.74) is 1.91. The first-order chi connectivity index (χ1) is 11.9. The molecule has 0 bridgehead atoms. The van der Waals surface area contributed by atoms with Gasteiger partial charge in [0, 0.05) is 13.0 Å². The molecule has 2 aromatic carbocycles. The lowest BCUT2D eigenvalue weighted by atomic mass is 10.0. The summed E-state index contributed by atoms with van der Waals surface area (Å²) < 4.78 is 31.6. The molecule has 0 spiro atoms. The Morgan fingerprint density at radius 3 is 2.04 bits per heavy atom. The molecule has 0 heterocycles. The van der Waals surface area contributed by atoms with Crippen LogP contribution in [0.5, 0.6) is 0 Å². The van der Waals surface area contributed by atoms with E-state index in [2.05, 4.69) is 6.07 Å². The van der Waals surface area contributed by atoms with Gasteiger partial charge in [-0.05, 0) is 31.5 Å². The van der Waals surface area contributed by atoms with Crippen molar-refractivity contribution in [2.75, 3.05) is 13.7 Å². The lowest BCUT2D eigenvalue weighted by Crippen LogP contribution is -2.19. The molecule has 25 heavy (non-hydrogen) atoms. The fraction of sp³-hybridized carbons (Fsp3) is 0.350. The van der Waals surface area contributed by atoms with E-state index >= 15 is 0 Å². The van der Waals surface area contributed by atoms with Gasteiger partial charge in [-0.25, -0.2) is 8.42 Å². The largest absolute Gasteiger partial charge is 0.383 e. The molecule has 3 rings (SSSR count). The first kappa shape index (κ1) is 17.7. The van der Waals surface area contributed by atoms with Crippen molar-refractivity contribution in [3.63, 3.8) is 0 Å². The van der Waals surface area contributed by atoms with Crippen LogP contribution in [0.1, 0.15) is 22.6 Å². The Bertz CT molecular complexity index is 911. The standard InChI is InChI=1S/C20H21NO3S/c1-14-4-8-16(9-5-14)18-19(20(18,12-21)13-24-3)25(22,23)17-10-6-15(2)7-11-17/h4-11,18-19H,13H2,1-3H3. The Morgan fingerprint density at radius 2 is 1.56 bits per heavy atom. The summed E-state index contributed by atoms with van der Waals surface area (Å²) in [6.45, 7) is 3.98. The van der Waals surface area contributed by atoms with Gasteiger partial charge in [-0.3, -0.25) is 0 Å². The van der Waals surface area contributed by atoms with E-state index in [9.17, 15) is 13.7 Å². The van der Waals surface area contributed by atoms with Crippen LogP contribution in [0.4, 0.5) is 0 Å². The Balaban J connectivity index is 2.07. The molecule has 1 fully saturated rings. The van der Waals surface area contributed by atoms with E-state index in [0.717, 1.165) is 16.7 Å². The van der Waals surface area contributed by atoms with Crippen molar-refractivity contribution in [1.82, 2.24) is 0 Å². The normalized spacial score (nSPS) is 25.4. The van der Waals surface area contributed by atoms with E-state index in [-0.39, 0.29) is 17.4 Å². The number of hydrogen-bond acceptors (Lipinski definition) is 4. The number of hydrogen-bond donors (Lipinski definition) is 0. The summed E-state index contributed by atoms with van der Waals surface area (Å²) in [6.07, 6.45) is 0. The molecule has 3 atom stereocenters. The number of nitrogens with zero attached hydrogens (tertiary/aromatic N) is 1. The third-order valence-corrected chi connectivity index (χ3v) is 7.26. The van der Waals surface area contributed by atoms with Crippen LogP contribution in [0.3, 0.4) is 0 Å². The number of aryl methyl sites for hydroxylation is 2. The van der Waals surface area contributed by atoms with Gasteiger partial charge in [0.25, 0.3) is 0 Å². The Hall–Kier alpha value is -2.16. The molecule has 1 aliphatic rings. The molecular weight excluding hydrogens is 334 g/mol. The number of nitriles is 1. The summed E-state index contributed by atoms with van der Waals surface area (Å²) in [6, 6.07) is 16.7. The highest BCUT2D eigenvalue weighted by Gasteiger charge is 2.72. The Labute approximate surface area is 149 Å². The lowest BCUT2D eigenvalue weighted by Gasteiger charge is -2.08. The molecule has 3 unspecified atom stereocenters. The van der Waals surface area contributed by atoms with Crippen molar-refractivity contribution in [3.05, 3.63) is 65.2 Å². The number of methoxy groups -OCH3 is 1. The number of ether oxygens (including phenoxy) is 1. The maximum Gasteiger partial charge on any atom is 0.183 e. The van der Waals surface area contributed by atoms with E-state index in [1.165, 1.54) is 7.11 Å². The average Bonchev–Trinajstić information content (AvgIpc) is 3.26. The van der Waals surface area contributed by atoms with Crippen LogP contribution in [0, 0.1) is 30.6 Å². The maximum atomic E-state index is 13.2. The second-order valence-corrected chi connectivity index (χ2v) is 8.82. The average molecular weight is 355 g/mol. The van der Waals surface area contributed by atoms with Crippen molar-refractivity contribution < 1.29 is 13.2 Å².